The van der Waals surface area contributed by atoms with Crippen LogP contribution in [0.1, 0.15) is 35.8 Å². The topological polar surface area (TPSA) is 76.6 Å². The third-order valence-electron chi connectivity index (χ3n) is 2.55. The molecule has 0 fully saturated rings. The molecule has 0 saturated heterocycles. The normalized spacial score (nSPS) is 11.8. The molecule has 0 aliphatic carbocycles. The number of nitrogens with zero attached hydrogens (tertiary/aromatic N) is 2. The highest BCUT2D eigenvalue weighted by atomic mass is 35.5. The summed E-state index contributed by atoms with van der Waals surface area (Å²) in [4.78, 5) is 15.7. The summed E-state index contributed by atoms with van der Waals surface area (Å²) in [6.07, 6.45) is 0.692. The number of aromatic nitrogens is 1. The van der Waals surface area contributed by atoms with Crippen molar-refractivity contribution >= 4 is 38.9 Å². The van der Waals surface area contributed by atoms with Crippen LogP contribution in [0, 0.1) is 0 Å². The zero-order valence-corrected chi connectivity index (χ0v) is 14.4. The molecule has 0 amide bonds. The number of hydrogen-bond donors (Lipinski definition) is 0. The fraction of sp³-hybridized carbons (Fsp3) is 0.667. The molecule has 0 N–H and O–H groups in total. The predicted molar refractivity (Wildman–Crippen MR) is 83.3 cm³/mol. The van der Waals surface area contributed by atoms with E-state index in [-0.39, 0.29) is 30.5 Å². The van der Waals surface area contributed by atoms with Gasteiger partial charge in [-0.05, 0) is 13.3 Å². The molecule has 21 heavy (non-hydrogen) atoms. The highest BCUT2D eigenvalue weighted by Crippen LogP contribution is 2.16. The van der Waals surface area contributed by atoms with Crippen LogP contribution < -0.4 is 0 Å². The second-order valence-electron chi connectivity index (χ2n) is 4.19. The highest BCUT2D eigenvalue weighted by molar-refractivity contribution is 7.89. The van der Waals surface area contributed by atoms with Gasteiger partial charge in [0.1, 0.15) is 5.01 Å². The quantitative estimate of drug-likeness (QED) is 0.501. The van der Waals surface area contributed by atoms with Crippen molar-refractivity contribution in [2.45, 2.75) is 26.8 Å². The summed E-state index contributed by atoms with van der Waals surface area (Å²) in [6, 6.07) is 0. The van der Waals surface area contributed by atoms with Gasteiger partial charge >= 0.3 is 5.97 Å². The summed E-state index contributed by atoms with van der Waals surface area (Å²) >= 11 is 6.77. The van der Waals surface area contributed by atoms with E-state index >= 15 is 0 Å². The molecular formula is C12H19ClN2O4S2. The second-order valence-corrected chi connectivity index (χ2v) is 7.59. The van der Waals surface area contributed by atoms with Crippen molar-refractivity contribution in [3.05, 3.63) is 16.1 Å². The number of rotatable bonds is 9. The smallest absolute Gasteiger partial charge is 0.357 e. The molecular weight excluding hydrogens is 336 g/mol. The summed E-state index contributed by atoms with van der Waals surface area (Å²) in [6.45, 7) is 4.43. The Morgan fingerprint density at radius 2 is 2.19 bits per heavy atom. The fourth-order valence-corrected chi connectivity index (χ4v) is 4.30. The maximum absolute atomic E-state index is 12.1. The number of alkyl halides is 1. The summed E-state index contributed by atoms with van der Waals surface area (Å²) < 4.78 is 30.4. The minimum Gasteiger partial charge on any atom is -0.461 e. The first-order valence-corrected chi connectivity index (χ1v) is 9.62. The molecule has 6 nitrogen and oxygen atoms in total. The van der Waals surface area contributed by atoms with Gasteiger partial charge in [0.25, 0.3) is 0 Å². The largest absolute Gasteiger partial charge is 0.461 e. The van der Waals surface area contributed by atoms with Crippen LogP contribution >= 0.6 is 22.9 Å². The van der Waals surface area contributed by atoms with Crippen molar-refractivity contribution < 1.29 is 17.9 Å². The zero-order valence-electron chi connectivity index (χ0n) is 12.0. The van der Waals surface area contributed by atoms with Crippen molar-refractivity contribution in [2.75, 3.05) is 24.8 Å². The van der Waals surface area contributed by atoms with Crippen LogP contribution in [0.25, 0.3) is 0 Å². The van der Waals surface area contributed by atoms with Gasteiger partial charge < -0.3 is 4.74 Å². The van der Waals surface area contributed by atoms with Crippen LogP contribution in [0.5, 0.6) is 0 Å². The van der Waals surface area contributed by atoms with Gasteiger partial charge in [-0.15, -0.1) is 22.9 Å². The molecule has 1 heterocycles. The molecule has 1 aromatic heterocycles. The predicted octanol–water partition coefficient (Wildman–Crippen LogP) is 2.10. The van der Waals surface area contributed by atoms with Crippen LogP contribution in [0.3, 0.4) is 0 Å². The Balaban J connectivity index is 2.83. The van der Waals surface area contributed by atoms with E-state index in [4.69, 9.17) is 16.3 Å². The molecule has 0 saturated carbocycles. The number of carbonyl (C=O) groups excluding carboxylic acids is 1. The first-order valence-electron chi connectivity index (χ1n) is 6.59. The van der Waals surface area contributed by atoms with Gasteiger partial charge in [0, 0.05) is 17.8 Å². The molecule has 1 rings (SSSR count). The molecule has 0 bridgehead atoms. The van der Waals surface area contributed by atoms with Crippen LogP contribution in [-0.2, 0) is 21.3 Å². The van der Waals surface area contributed by atoms with Crippen LogP contribution in [-0.4, -0.2) is 48.5 Å². The summed E-state index contributed by atoms with van der Waals surface area (Å²) in [5.41, 5.74) is 0.211. The van der Waals surface area contributed by atoms with Gasteiger partial charge in [-0.1, -0.05) is 6.92 Å². The van der Waals surface area contributed by atoms with E-state index in [9.17, 15) is 13.2 Å². The van der Waals surface area contributed by atoms with Crippen molar-refractivity contribution in [3.8, 4) is 0 Å². The molecule has 0 spiro atoms. The number of sulfonamides is 1. The Kier molecular flexibility index (Phi) is 7.58. The van der Waals surface area contributed by atoms with E-state index < -0.39 is 16.0 Å². The molecule has 0 atom stereocenters. The maximum atomic E-state index is 12.1. The lowest BCUT2D eigenvalue weighted by atomic mass is 10.4. The van der Waals surface area contributed by atoms with Gasteiger partial charge in [-0.3, -0.25) is 0 Å². The lowest BCUT2D eigenvalue weighted by Gasteiger charge is -2.19. The number of carbonyl (C=O) groups is 1. The zero-order chi connectivity index (χ0) is 15.9. The molecule has 0 aromatic carbocycles. The Bertz CT molecular complexity index is 559. The van der Waals surface area contributed by atoms with Crippen LogP contribution in [0.4, 0.5) is 0 Å². The van der Waals surface area contributed by atoms with Gasteiger partial charge in [0.15, 0.2) is 5.69 Å². The average molecular weight is 355 g/mol. The maximum Gasteiger partial charge on any atom is 0.357 e. The third-order valence-corrected chi connectivity index (χ3v) is 5.61. The standard InChI is InChI=1S/C12H19ClN2O4S2/c1-3-6-15(21(17,18)7-5-13)8-11-14-10(9-20-11)12(16)19-4-2/h9H,3-8H2,1-2H3. The SMILES string of the molecule is CCCN(Cc1nc(C(=O)OCC)cs1)S(=O)(=O)CCCl. The highest BCUT2D eigenvalue weighted by Gasteiger charge is 2.22. The molecule has 0 unspecified atom stereocenters. The fourth-order valence-electron chi connectivity index (χ4n) is 1.63. The van der Waals surface area contributed by atoms with E-state index in [0.29, 0.717) is 18.0 Å². The Labute approximate surface area is 134 Å². The van der Waals surface area contributed by atoms with Crippen molar-refractivity contribution in [3.63, 3.8) is 0 Å². The van der Waals surface area contributed by atoms with Crippen molar-refractivity contribution in [2.24, 2.45) is 0 Å². The summed E-state index contributed by atoms with van der Waals surface area (Å²) in [7, 11) is -3.40. The number of halogens is 1. The number of hydrogen-bond acceptors (Lipinski definition) is 6. The van der Waals surface area contributed by atoms with E-state index in [1.54, 1.807) is 12.3 Å². The van der Waals surface area contributed by atoms with E-state index in [1.165, 1.54) is 15.6 Å². The monoisotopic (exact) mass is 354 g/mol. The molecule has 0 aliphatic rings. The third kappa shape index (κ3) is 5.54. The van der Waals surface area contributed by atoms with Crippen molar-refractivity contribution in [1.82, 2.24) is 9.29 Å². The number of thiazole rings is 1. The van der Waals surface area contributed by atoms with Gasteiger partial charge in [0.05, 0.1) is 18.9 Å². The van der Waals surface area contributed by atoms with E-state index in [1.807, 2.05) is 6.92 Å². The summed E-state index contributed by atoms with van der Waals surface area (Å²) in [5.74, 6) is -0.551. The minimum atomic E-state index is -3.40. The number of esters is 1. The number of ether oxygens (including phenoxy) is 1. The van der Waals surface area contributed by atoms with Gasteiger partial charge in [-0.25, -0.2) is 18.2 Å². The Hall–Kier alpha value is -0.700. The van der Waals surface area contributed by atoms with Gasteiger partial charge in [-0.2, -0.15) is 4.31 Å². The lowest BCUT2D eigenvalue weighted by Crippen LogP contribution is -2.33. The average Bonchev–Trinajstić information content (AvgIpc) is 2.87. The Morgan fingerprint density at radius 1 is 1.48 bits per heavy atom. The lowest BCUT2D eigenvalue weighted by molar-refractivity contribution is 0.0520. The van der Waals surface area contributed by atoms with Gasteiger partial charge in [0.2, 0.25) is 10.0 Å². The van der Waals surface area contributed by atoms with E-state index in [2.05, 4.69) is 4.98 Å². The molecule has 9 heteroatoms. The Morgan fingerprint density at radius 3 is 2.76 bits per heavy atom. The molecule has 1 aromatic rings. The summed E-state index contributed by atoms with van der Waals surface area (Å²) in [5, 5.41) is 2.13. The minimum absolute atomic E-state index is 0.0501. The van der Waals surface area contributed by atoms with Crippen LogP contribution in [0.2, 0.25) is 0 Å². The van der Waals surface area contributed by atoms with Crippen molar-refractivity contribution in [1.29, 1.82) is 0 Å². The van der Waals surface area contributed by atoms with E-state index in [0.717, 1.165) is 0 Å². The second kappa shape index (κ2) is 8.67. The molecule has 0 aliphatic heterocycles. The first-order chi connectivity index (χ1) is 9.94. The first kappa shape index (κ1) is 18.3. The molecule has 0 radical (unpaired) electrons. The van der Waals surface area contributed by atoms with Crippen LogP contribution in [0.15, 0.2) is 5.38 Å². The molecule has 120 valence electrons.